The molecule has 0 amide bonds. The number of aromatic amines is 1. The van der Waals surface area contributed by atoms with E-state index in [0.717, 1.165) is 47.7 Å². The highest BCUT2D eigenvalue weighted by atomic mass is 32.2. The summed E-state index contributed by atoms with van der Waals surface area (Å²) in [5, 5.41) is 0.917. The van der Waals surface area contributed by atoms with Gasteiger partial charge in [0.2, 0.25) is 10.0 Å². The molecule has 2 aromatic carbocycles. The first-order valence-electron chi connectivity index (χ1n) is 10.6. The van der Waals surface area contributed by atoms with Crippen LogP contribution < -0.4 is 10.3 Å². The van der Waals surface area contributed by atoms with Crippen molar-refractivity contribution in [3.63, 3.8) is 0 Å². The summed E-state index contributed by atoms with van der Waals surface area (Å²) in [7, 11) is -2.22. The molecule has 0 atom stereocenters. The second-order valence-corrected chi connectivity index (χ2v) is 10.2. The number of methoxy groups -OCH3 is 1. The number of nitrogens with one attached hydrogen (secondary N) is 1. The largest absolute Gasteiger partial charge is 0.497 e. The number of sulfonamides is 1. The zero-order valence-corrected chi connectivity index (χ0v) is 19.0. The van der Waals surface area contributed by atoms with E-state index in [1.165, 1.54) is 4.31 Å². The van der Waals surface area contributed by atoms with Gasteiger partial charge in [-0.1, -0.05) is 24.5 Å². The molecule has 1 aliphatic rings. The Labute approximate surface area is 182 Å². The van der Waals surface area contributed by atoms with Gasteiger partial charge >= 0.3 is 0 Å². The van der Waals surface area contributed by atoms with Gasteiger partial charge in [0.25, 0.3) is 5.56 Å². The molecular formula is C24H28N2O4S. The number of benzene rings is 2. The molecule has 4 rings (SSSR count). The van der Waals surface area contributed by atoms with E-state index in [1.807, 2.05) is 32.0 Å². The Morgan fingerprint density at radius 2 is 1.74 bits per heavy atom. The molecule has 0 bridgehead atoms. The molecule has 0 spiro atoms. The van der Waals surface area contributed by atoms with E-state index in [4.69, 9.17) is 4.74 Å². The van der Waals surface area contributed by atoms with Crippen LogP contribution >= 0.6 is 0 Å². The van der Waals surface area contributed by atoms with E-state index in [-0.39, 0.29) is 23.0 Å². The third kappa shape index (κ3) is 4.25. The van der Waals surface area contributed by atoms with Crippen LogP contribution in [-0.2, 0) is 16.6 Å². The predicted molar refractivity (Wildman–Crippen MR) is 122 cm³/mol. The van der Waals surface area contributed by atoms with E-state index in [1.54, 1.807) is 31.4 Å². The van der Waals surface area contributed by atoms with Gasteiger partial charge in [-0.25, -0.2) is 8.42 Å². The fraction of sp³-hybridized carbons (Fsp3) is 0.375. The summed E-state index contributed by atoms with van der Waals surface area (Å²) >= 11 is 0. The fourth-order valence-corrected chi connectivity index (χ4v) is 6.17. The van der Waals surface area contributed by atoms with Crippen LogP contribution in [0, 0.1) is 13.8 Å². The smallest absolute Gasteiger partial charge is 0.252 e. The van der Waals surface area contributed by atoms with Crippen molar-refractivity contribution in [2.24, 2.45) is 0 Å². The molecular weight excluding hydrogens is 412 g/mol. The van der Waals surface area contributed by atoms with E-state index < -0.39 is 10.0 Å². The molecule has 1 aliphatic carbocycles. The Morgan fingerprint density at radius 1 is 1.06 bits per heavy atom. The molecule has 0 aliphatic heterocycles. The lowest BCUT2D eigenvalue weighted by Gasteiger charge is -2.28. The highest BCUT2D eigenvalue weighted by molar-refractivity contribution is 7.89. The highest BCUT2D eigenvalue weighted by Gasteiger charge is 2.34. The molecule has 1 fully saturated rings. The van der Waals surface area contributed by atoms with Gasteiger partial charge in [-0.05, 0) is 74.0 Å². The Balaban J connectivity index is 1.77. The van der Waals surface area contributed by atoms with Crippen LogP contribution in [0.3, 0.4) is 0 Å². The standard InChI is InChI=1S/C24H28N2O4S/c1-16-12-17(2)23-18(13-16)14-19(24(27)25-23)15-26(20-6-4-5-7-20)31(28,29)22-10-8-21(30-3)9-11-22/h8-14,20H,4-7,15H2,1-3H3,(H,25,27). The first-order valence-corrected chi connectivity index (χ1v) is 12.0. The average Bonchev–Trinajstić information content (AvgIpc) is 3.27. The minimum atomic E-state index is -3.77. The first kappa shape index (κ1) is 21.6. The second-order valence-electron chi connectivity index (χ2n) is 8.33. The van der Waals surface area contributed by atoms with Crippen molar-refractivity contribution in [1.82, 2.24) is 9.29 Å². The Hall–Kier alpha value is -2.64. The van der Waals surface area contributed by atoms with Gasteiger partial charge in [0.1, 0.15) is 5.75 Å². The van der Waals surface area contributed by atoms with E-state index >= 15 is 0 Å². The number of aryl methyl sites for hydroxylation is 2. The number of fused-ring (bicyclic) bond motifs is 1. The van der Waals surface area contributed by atoms with Crippen molar-refractivity contribution < 1.29 is 13.2 Å². The van der Waals surface area contributed by atoms with Gasteiger partial charge in [-0.3, -0.25) is 4.79 Å². The number of rotatable bonds is 6. The molecule has 1 heterocycles. The molecule has 31 heavy (non-hydrogen) atoms. The molecule has 0 unspecified atom stereocenters. The van der Waals surface area contributed by atoms with Crippen molar-refractivity contribution >= 4 is 20.9 Å². The number of H-pyrrole nitrogens is 1. The average molecular weight is 441 g/mol. The minimum absolute atomic E-state index is 0.0529. The summed E-state index contributed by atoms with van der Waals surface area (Å²) in [6, 6.07) is 12.2. The zero-order chi connectivity index (χ0) is 22.2. The number of ether oxygens (including phenoxy) is 1. The van der Waals surface area contributed by atoms with Crippen molar-refractivity contribution in [2.75, 3.05) is 7.11 Å². The second kappa shape index (κ2) is 8.48. The van der Waals surface area contributed by atoms with Crippen LogP contribution in [0.4, 0.5) is 0 Å². The molecule has 7 heteroatoms. The van der Waals surface area contributed by atoms with Crippen molar-refractivity contribution in [3.8, 4) is 5.75 Å². The van der Waals surface area contributed by atoms with Gasteiger partial charge < -0.3 is 9.72 Å². The molecule has 1 saturated carbocycles. The van der Waals surface area contributed by atoms with Crippen LogP contribution in [0.25, 0.3) is 10.9 Å². The van der Waals surface area contributed by atoms with Gasteiger partial charge in [0, 0.05) is 18.2 Å². The third-order valence-electron chi connectivity index (χ3n) is 6.09. The van der Waals surface area contributed by atoms with Crippen molar-refractivity contribution in [1.29, 1.82) is 0 Å². The monoisotopic (exact) mass is 440 g/mol. The molecule has 3 aromatic rings. The summed E-state index contributed by atoms with van der Waals surface area (Å²) in [4.78, 5) is 16.0. The minimum Gasteiger partial charge on any atom is -0.497 e. The molecule has 164 valence electrons. The lowest BCUT2D eigenvalue weighted by molar-refractivity contribution is 0.315. The van der Waals surface area contributed by atoms with Gasteiger partial charge in [0.05, 0.1) is 17.5 Å². The van der Waals surface area contributed by atoms with Crippen LogP contribution in [0.2, 0.25) is 0 Å². The lowest BCUT2D eigenvalue weighted by Crippen LogP contribution is -2.39. The zero-order valence-electron chi connectivity index (χ0n) is 18.1. The molecule has 0 radical (unpaired) electrons. The number of hydrogen-bond donors (Lipinski definition) is 1. The van der Waals surface area contributed by atoms with Gasteiger partial charge in [-0.2, -0.15) is 4.31 Å². The third-order valence-corrected chi connectivity index (χ3v) is 8.01. The summed E-state index contributed by atoms with van der Waals surface area (Å²) in [5.74, 6) is 0.600. The van der Waals surface area contributed by atoms with Gasteiger partial charge in [0.15, 0.2) is 0 Å². The number of hydrogen-bond acceptors (Lipinski definition) is 4. The maximum Gasteiger partial charge on any atom is 0.252 e. The summed E-state index contributed by atoms with van der Waals surface area (Å²) in [6.07, 6.45) is 3.59. The fourth-order valence-electron chi connectivity index (χ4n) is 4.50. The summed E-state index contributed by atoms with van der Waals surface area (Å²) in [6.45, 7) is 4.03. The van der Waals surface area contributed by atoms with Gasteiger partial charge in [-0.15, -0.1) is 0 Å². The summed E-state index contributed by atoms with van der Waals surface area (Å²) < 4.78 is 33.8. The maximum absolute atomic E-state index is 13.6. The maximum atomic E-state index is 13.6. The molecule has 6 nitrogen and oxygen atoms in total. The Bertz CT molecular complexity index is 1260. The topological polar surface area (TPSA) is 79.5 Å². The van der Waals surface area contributed by atoms with Crippen LogP contribution in [0.15, 0.2) is 52.2 Å². The highest BCUT2D eigenvalue weighted by Crippen LogP contribution is 2.31. The number of aromatic nitrogens is 1. The van der Waals surface area contributed by atoms with E-state index in [2.05, 4.69) is 4.98 Å². The molecule has 1 aromatic heterocycles. The normalized spacial score (nSPS) is 15.1. The molecule has 1 N–H and O–H groups in total. The quantitative estimate of drug-likeness (QED) is 0.620. The Morgan fingerprint density at radius 3 is 2.39 bits per heavy atom. The SMILES string of the molecule is COc1ccc(S(=O)(=O)N(Cc2cc3cc(C)cc(C)c3[nH]c2=O)C2CCCC2)cc1. The van der Waals surface area contributed by atoms with E-state index in [9.17, 15) is 13.2 Å². The van der Waals surface area contributed by atoms with Crippen LogP contribution in [0.1, 0.15) is 42.4 Å². The summed E-state index contributed by atoms with van der Waals surface area (Å²) in [5.41, 5.74) is 3.11. The van der Waals surface area contributed by atoms with E-state index in [0.29, 0.717) is 11.3 Å². The van der Waals surface area contributed by atoms with Crippen LogP contribution in [0.5, 0.6) is 5.75 Å². The van der Waals surface area contributed by atoms with Crippen LogP contribution in [-0.4, -0.2) is 30.9 Å². The number of nitrogens with zero attached hydrogens (tertiary/aromatic N) is 1. The Kier molecular flexibility index (Phi) is 5.90. The van der Waals surface area contributed by atoms with Crippen molar-refractivity contribution in [3.05, 3.63) is 69.5 Å². The molecule has 0 saturated heterocycles. The van der Waals surface area contributed by atoms with Crippen molar-refractivity contribution in [2.45, 2.75) is 57.0 Å². The predicted octanol–water partition coefficient (Wildman–Crippen LogP) is 4.29. The first-order chi connectivity index (χ1) is 14.8. The lowest BCUT2D eigenvalue weighted by atomic mass is 10.1. The number of pyridine rings is 1.